The fourth-order valence-corrected chi connectivity index (χ4v) is 4.06. The number of benzene rings is 1. The van der Waals surface area contributed by atoms with Crippen molar-refractivity contribution in [2.75, 3.05) is 6.16 Å². The van der Waals surface area contributed by atoms with E-state index in [1.165, 1.54) is 96.1 Å². The van der Waals surface area contributed by atoms with Gasteiger partial charge in [-0.1, -0.05) is 65.0 Å². The molecule has 0 nitrogen and oxygen atoms in total. The maximum atomic E-state index is 2.86. The molecule has 0 saturated heterocycles. The lowest BCUT2D eigenvalue weighted by atomic mass is 9.86. The number of rotatable bonds is 15. The SMILES string of the molecule is CCCCc1ccc(CCCCCCP)c(CCCC)c1CCCC. The minimum Gasteiger partial charge on any atom is -0.138 e. The second-order valence-electron chi connectivity index (χ2n) is 7.60. The van der Waals surface area contributed by atoms with Crippen LogP contribution < -0.4 is 0 Å². The molecule has 1 heteroatoms. The molecule has 0 aromatic heterocycles. The van der Waals surface area contributed by atoms with Crippen molar-refractivity contribution < 1.29 is 0 Å². The summed E-state index contributed by atoms with van der Waals surface area (Å²) in [5.74, 6) is 0. The van der Waals surface area contributed by atoms with Crippen LogP contribution in [0.3, 0.4) is 0 Å². The van der Waals surface area contributed by atoms with Gasteiger partial charge >= 0.3 is 0 Å². The van der Waals surface area contributed by atoms with Gasteiger partial charge in [-0.15, -0.1) is 9.24 Å². The van der Waals surface area contributed by atoms with Crippen LogP contribution >= 0.6 is 9.24 Å². The normalized spacial score (nSPS) is 11.2. The average molecular weight is 363 g/mol. The molecule has 1 aromatic carbocycles. The van der Waals surface area contributed by atoms with Crippen LogP contribution in [0.4, 0.5) is 0 Å². The van der Waals surface area contributed by atoms with Gasteiger partial charge in [-0.25, -0.2) is 0 Å². The Morgan fingerprint density at radius 2 is 1.00 bits per heavy atom. The maximum Gasteiger partial charge on any atom is -0.0273 e. The molecule has 0 saturated carbocycles. The van der Waals surface area contributed by atoms with Crippen LogP contribution in [0.5, 0.6) is 0 Å². The Morgan fingerprint density at radius 3 is 1.48 bits per heavy atom. The second kappa shape index (κ2) is 14.8. The summed E-state index contributed by atoms with van der Waals surface area (Å²) in [5, 5.41) is 0. The molecule has 144 valence electrons. The molecule has 0 aliphatic rings. The average Bonchev–Trinajstić information content (AvgIpc) is 2.63. The molecule has 0 bridgehead atoms. The van der Waals surface area contributed by atoms with Crippen LogP contribution in [-0.2, 0) is 25.7 Å². The molecule has 1 unspecified atom stereocenters. The first-order valence-corrected chi connectivity index (χ1v) is 11.9. The van der Waals surface area contributed by atoms with Gasteiger partial charge in [-0.3, -0.25) is 0 Å². The Morgan fingerprint density at radius 1 is 0.560 bits per heavy atom. The van der Waals surface area contributed by atoms with Crippen LogP contribution in [0.25, 0.3) is 0 Å². The van der Waals surface area contributed by atoms with E-state index in [0.717, 1.165) is 0 Å². The lowest BCUT2D eigenvalue weighted by molar-refractivity contribution is 0.662. The largest absolute Gasteiger partial charge is 0.138 e. The zero-order chi connectivity index (χ0) is 18.3. The molecule has 0 N–H and O–H groups in total. The molecular weight excluding hydrogens is 319 g/mol. The highest BCUT2D eigenvalue weighted by Crippen LogP contribution is 2.26. The summed E-state index contributed by atoms with van der Waals surface area (Å²) in [7, 11) is 2.86. The van der Waals surface area contributed by atoms with Crippen molar-refractivity contribution in [2.24, 2.45) is 0 Å². The van der Waals surface area contributed by atoms with Gasteiger partial charge in [0.25, 0.3) is 0 Å². The summed E-state index contributed by atoms with van der Waals surface area (Å²) in [6.45, 7) is 6.97. The molecule has 1 rings (SSSR count). The van der Waals surface area contributed by atoms with Crippen molar-refractivity contribution in [1.29, 1.82) is 0 Å². The van der Waals surface area contributed by atoms with Gasteiger partial charge < -0.3 is 0 Å². The number of hydrogen-bond donors (Lipinski definition) is 0. The fourth-order valence-electron chi connectivity index (χ4n) is 3.77. The smallest absolute Gasteiger partial charge is 0.0273 e. The number of unbranched alkanes of at least 4 members (excludes halogenated alkanes) is 6. The number of aryl methyl sites for hydroxylation is 2. The molecule has 0 spiro atoms. The van der Waals surface area contributed by atoms with Gasteiger partial charge in [0, 0.05) is 0 Å². The van der Waals surface area contributed by atoms with E-state index in [4.69, 9.17) is 0 Å². The minimum atomic E-state index is 1.26. The van der Waals surface area contributed by atoms with Crippen LogP contribution in [0.1, 0.15) is 107 Å². The van der Waals surface area contributed by atoms with Gasteiger partial charge in [0.15, 0.2) is 0 Å². The van der Waals surface area contributed by atoms with Crippen LogP contribution in [0.15, 0.2) is 12.1 Å². The van der Waals surface area contributed by atoms with E-state index in [9.17, 15) is 0 Å². The van der Waals surface area contributed by atoms with Gasteiger partial charge in [0.2, 0.25) is 0 Å². The van der Waals surface area contributed by atoms with E-state index in [2.05, 4.69) is 42.1 Å². The lowest BCUT2D eigenvalue weighted by Gasteiger charge is -2.19. The standard InChI is InChI=1S/C24H43P/c1-4-7-14-21-18-19-22(15-12-10-11-13-20-25)24(17-9-6-3)23(21)16-8-5-2/h18-19H,4-17,20,25H2,1-3H3. The van der Waals surface area contributed by atoms with Crippen molar-refractivity contribution in [3.63, 3.8) is 0 Å². The van der Waals surface area contributed by atoms with Crippen molar-refractivity contribution in [3.8, 4) is 0 Å². The first-order valence-electron chi connectivity index (χ1n) is 11.1. The highest BCUT2D eigenvalue weighted by atomic mass is 31.0. The molecule has 1 aromatic rings. The first kappa shape index (κ1) is 22.7. The van der Waals surface area contributed by atoms with Crippen molar-refractivity contribution >= 4 is 9.24 Å². The van der Waals surface area contributed by atoms with E-state index in [-0.39, 0.29) is 0 Å². The Bertz CT molecular complexity index is 450. The van der Waals surface area contributed by atoms with E-state index in [1.54, 1.807) is 22.3 Å². The summed E-state index contributed by atoms with van der Waals surface area (Å²) in [4.78, 5) is 0. The summed E-state index contributed by atoms with van der Waals surface area (Å²) in [6.07, 6.45) is 19.9. The minimum absolute atomic E-state index is 1.26. The van der Waals surface area contributed by atoms with Gasteiger partial charge in [-0.2, -0.15) is 0 Å². The highest BCUT2D eigenvalue weighted by molar-refractivity contribution is 7.16. The van der Waals surface area contributed by atoms with Gasteiger partial charge in [0.05, 0.1) is 0 Å². The van der Waals surface area contributed by atoms with Crippen LogP contribution in [0.2, 0.25) is 0 Å². The molecule has 0 fully saturated rings. The molecular formula is C24H43P. The maximum absolute atomic E-state index is 2.86. The molecule has 0 radical (unpaired) electrons. The van der Waals surface area contributed by atoms with Crippen molar-refractivity contribution in [1.82, 2.24) is 0 Å². The Labute approximate surface area is 160 Å². The zero-order valence-corrected chi connectivity index (χ0v) is 18.5. The quantitative estimate of drug-likeness (QED) is 0.221. The van der Waals surface area contributed by atoms with Crippen LogP contribution in [0, 0.1) is 0 Å². The fraction of sp³-hybridized carbons (Fsp3) is 0.750. The Balaban J connectivity index is 2.95. The van der Waals surface area contributed by atoms with Crippen molar-refractivity contribution in [2.45, 2.75) is 111 Å². The molecule has 25 heavy (non-hydrogen) atoms. The topological polar surface area (TPSA) is 0 Å². The number of hydrogen-bond acceptors (Lipinski definition) is 0. The molecule has 0 aliphatic carbocycles. The second-order valence-corrected chi connectivity index (χ2v) is 8.18. The Kier molecular flexibility index (Phi) is 13.4. The van der Waals surface area contributed by atoms with Gasteiger partial charge in [-0.05, 0) is 86.2 Å². The lowest BCUT2D eigenvalue weighted by Crippen LogP contribution is -2.06. The predicted molar refractivity (Wildman–Crippen MR) is 119 cm³/mol. The molecule has 0 amide bonds. The van der Waals surface area contributed by atoms with Gasteiger partial charge in [0.1, 0.15) is 0 Å². The molecule has 0 heterocycles. The summed E-state index contributed by atoms with van der Waals surface area (Å²) >= 11 is 0. The van der Waals surface area contributed by atoms with Crippen LogP contribution in [-0.4, -0.2) is 6.16 Å². The summed E-state index contributed by atoms with van der Waals surface area (Å²) in [5.41, 5.74) is 6.82. The van der Waals surface area contributed by atoms with E-state index in [0.29, 0.717) is 0 Å². The third-order valence-corrected chi connectivity index (χ3v) is 5.79. The molecule has 1 atom stereocenters. The highest BCUT2D eigenvalue weighted by Gasteiger charge is 2.13. The van der Waals surface area contributed by atoms with Crippen molar-refractivity contribution in [3.05, 3.63) is 34.4 Å². The monoisotopic (exact) mass is 362 g/mol. The predicted octanol–water partition coefficient (Wildman–Crippen LogP) is 7.69. The van der Waals surface area contributed by atoms with E-state index >= 15 is 0 Å². The third-order valence-electron chi connectivity index (χ3n) is 5.39. The first-order chi connectivity index (χ1) is 12.3. The third kappa shape index (κ3) is 8.72. The molecule has 0 aliphatic heterocycles. The van der Waals surface area contributed by atoms with E-state index < -0.39 is 0 Å². The summed E-state index contributed by atoms with van der Waals surface area (Å²) in [6, 6.07) is 4.97. The Hall–Kier alpha value is -0.350. The van der Waals surface area contributed by atoms with E-state index in [1.807, 2.05) is 0 Å². The zero-order valence-electron chi connectivity index (χ0n) is 17.3. The summed E-state index contributed by atoms with van der Waals surface area (Å²) < 4.78 is 0.